The molecular formula is C21H26N2O2S2. The summed E-state index contributed by atoms with van der Waals surface area (Å²) in [6, 6.07) is 8.34. The monoisotopic (exact) mass is 402 g/mol. The number of ether oxygens (including phenoxy) is 1. The molecule has 4 nitrogen and oxygen atoms in total. The molecule has 0 radical (unpaired) electrons. The van der Waals surface area contributed by atoms with E-state index in [1.54, 1.807) is 11.3 Å². The molecule has 3 rings (SSSR count). The number of anilines is 1. The number of esters is 1. The molecule has 144 valence electrons. The molecule has 0 aliphatic heterocycles. The molecule has 1 heterocycles. The van der Waals surface area contributed by atoms with Crippen LogP contribution in [-0.2, 0) is 24.1 Å². The number of carbonyl (C=O) groups is 1. The molecule has 0 amide bonds. The minimum Gasteiger partial charge on any atom is -0.465 e. The van der Waals surface area contributed by atoms with Gasteiger partial charge in [-0.1, -0.05) is 42.7 Å². The van der Waals surface area contributed by atoms with Gasteiger partial charge in [-0.05, 0) is 56.0 Å². The van der Waals surface area contributed by atoms with Crippen molar-refractivity contribution in [3.8, 4) is 0 Å². The van der Waals surface area contributed by atoms with Crippen molar-refractivity contribution in [1.29, 1.82) is 0 Å². The van der Waals surface area contributed by atoms with Gasteiger partial charge in [0.2, 0.25) is 0 Å². The number of thiocarbonyl (C=S) groups is 1. The average Bonchev–Trinajstić information content (AvgIpc) is 2.96. The Balaban J connectivity index is 1.74. The Hall–Kier alpha value is -1.92. The number of fused-ring (bicyclic) bond motifs is 1. The lowest BCUT2D eigenvalue weighted by molar-refractivity contribution is 0.0601. The zero-order valence-electron chi connectivity index (χ0n) is 15.9. The van der Waals surface area contributed by atoms with Crippen LogP contribution >= 0.6 is 23.6 Å². The molecule has 0 fully saturated rings. The van der Waals surface area contributed by atoms with Crippen LogP contribution in [0, 0.1) is 6.92 Å². The summed E-state index contributed by atoms with van der Waals surface area (Å²) in [6.07, 6.45) is 6.71. The van der Waals surface area contributed by atoms with Crippen LogP contribution < -0.4 is 10.6 Å². The van der Waals surface area contributed by atoms with Crippen molar-refractivity contribution in [3.63, 3.8) is 0 Å². The Morgan fingerprint density at radius 3 is 2.56 bits per heavy atom. The van der Waals surface area contributed by atoms with Crippen molar-refractivity contribution in [2.45, 2.75) is 52.0 Å². The van der Waals surface area contributed by atoms with Gasteiger partial charge in [0.25, 0.3) is 0 Å². The van der Waals surface area contributed by atoms with Crippen LogP contribution in [0.1, 0.15) is 57.6 Å². The first-order chi connectivity index (χ1) is 13.1. The van der Waals surface area contributed by atoms with E-state index in [1.807, 2.05) is 0 Å². The highest BCUT2D eigenvalue weighted by Gasteiger charge is 2.25. The highest BCUT2D eigenvalue weighted by molar-refractivity contribution is 7.80. The summed E-state index contributed by atoms with van der Waals surface area (Å²) < 4.78 is 5.06. The lowest BCUT2D eigenvalue weighted by Gasteiger charge is -2.12. The smallest absolute Gasteiger partial charge is 0.341 e. The summed E-state index contributed by atoms with van der Waals surface area (Å²) in [7, 11) is 1.44. The first kappa shape index (κ1) is 19.8. The Morgan fingerprint density at radius 2 is 1.85 bits per heavy atom. The van der Waals surface area contributed by atoms with Crippen molar-refractivity contribution in [1.82, 2.24) is 5.32 Å². The first-order valence-corrected chi connectivity index (χ1v) is 10.6. The van der Waals surface area contributed by atoms with Gasteiger partial charge < -0.3 is 15.4 Å². The van der Waals surface area contributed by atoms with Gasteiger partial charge in [-0.15, -0.1) is 11.3 Å². The average molecular weight is 403 g/mol. The van der Waals surface area contributed by atoms with E-state index in [0.717, 1.165) is 35.4 Å². The fraction of sp³-hybridized carbons (Fsp3) is 0.429. The Bertz CT molecular complexity index is 812. The van der Waals surface area contributed by atoms with Gasteiger partial charge in [0.05, 0.1) is 12.7 Å². The normalized spacial score (nSPS) is 13.9. The number of carbonyl (C=O) groups excluding carboxylic acids is 1. The molecule has 0 bridgehead atoms. The number of hydrogen-bond acceptors (Lipinski definition) is 4. The predicted octanol–water partition coefficient (Wildman–Crippen LogP) is 4.99. The molecule has 2 aromatic rings. The molecule has 6 heteroatoms. The summed E-state index contributed by atoms with van der Waals surface area (Å²) in [5.74, 6) is -0.281. The van der Waals surface area contributed by atoms with E-state index in [4.69, 9.17) is 17.0 Å². The number of rotatable bonds is 4. The maximum atomic E-state index is 12.4. The predicted molar refractivity (Wildman–Crippen MR) is 116 cm³/mol. The van der Waals surface area contributed by atoms with Crippen molar-refractivity contribution in [2.75, 3.05) is 12.4 Å². The molecule has 1 aromatic heterocycles. The molecule has 2 N–H and O–H groups in total. The lowest BCUT2D eigenvalue weighted by atomic mass is 9.96. The van der Waals surface area contributed by atoms with Gasteiger partial charge >= 0.3 is 5.97 Å². The quantitative estimate of drug-likeness (QED) is 0.557. The topological polar surface area (TPSA) is 50.4 Å². The molecular weight excluding hydrogens is 376 g/mol. The third kappa shape index (κ3) is 5.08. The van der Waals surface area contributed by atoms with E-state index < -0.39 is 0 Å². The number of hydrogen-bond donors (Lipinski definition) is 2. The second kappa shape index (κ2) is 9.33. The standard InChI is InChI=1S/C21H26N2O2S2/c1-14-9-11-15(12-10-14)13-22-21(26)23-19-18(20(24)25-2)16-7-5-3-4-6-8-17(16)27-19/h9-12H,3-8,13H2,1-2H3,(H2,22,23,26). The van der Waals surface area contributed by atoms with Crippen molar-refractivity contribution in [2.24, 2.45) is 0 Å². The van der Waals surface area contributed by atoms with Crippen LogP contribution in [-0.4, -0.2) is 18.2 Å². The van der Waals surface area contributed by atoms with Crippen LogP contribution in [0.25, 0.3) is 0 Å². The number of aryl methyl sites for hydroxylation is 2. The van der Waals surface area contributed by atoms with Crippen molar-refractivity contribution >= 4 is 39.6 Å². The molecule has 1 aliphatic carbocycles. The maximum absolute atomic E-state index is 12.4. The van der Waals surface area contributed by atoms with Gasteiger partial charge in [0, 0.05) is 11.4 Å². The van der Waals surface area contributed by atoms with Gasteiger partial charge in [0.15, 0.2) is 5.11 Å². The van der Waals surface area contributed by atoms with Crippen molar-refractivity contribution in [3.05, 3.63) is 51.4 Å². The Labute approximate surface area is 170 Å². The molecule has 0 unspecified atom stereocenters. The van der Waals surface area contributed by atoms with Gasteiger partial charge in [-0.3, -0.25) is 0 Å². The van der Waals surface area contributed by atoms with E-state index in [9.17, 15) is 4.79 Å². The Morgan fingerprint density at radius 1 is 1.15 bits per heavy atom. The number of methoxy groups -OCH3 is 1. The molecule has 0 atom stereocenters. The molecule has 27 heavy (non-hydrogen) atoms. The van der Waals surface area contributed by atoms with E-state index in [0.29, 0.717) is 17.2 Å². The molecule has 1 aromatic carbocycles. The molecule has 0 spiro atoms. The fourth-order valence-electron chi connectivity index (χ4n) is 3.36. The third-order valence-electron chi connectivity index (χ3n) is 4.86. The first-order valence-electron chi connectivity index (χ1n) is 9.41. The summed E-state index contributed by atoms with van der Waals surface area (Å²) in [5, 5.41) is 7.80. The highest BCUT2D eigenvalue weighted by Crippen LogP contribution is 2.37. The van der Waals surface area contributed by atoms with Crippen LogP contribution in [0.15, 0.2) is 24.3 Å². The van der Waals surface area contributed by atoms with E-state index >= 15 is 0 Å². The van der Waals surface area contributed by atoms with Crippen LogP contribution in [0.2, 0.25) is 0 Å². The van der Waals surface area contributed by atoms with Gasteiger partial charge in [0.1, 0.15) is 5.00 Å². The van der Waals surface area contributed by atoms with Crippen LogP contribution in [0.3, 0.4) is 0 Å². The largest absolute Gasteiger partial charge is 0.465 e. The molecule has 0 saturated carbocycles. The van der Waals surface area contributed by atoms with Gasteiger partial charge in [-0.2, -0.15) is 0 Å². The fourth-order valence-corrected chi connectivity index (χ4v) is 4.88. The molecule has 1 aliphatic rings. The second-order valence-electron chi connectivity index (χ2n) is 6.91. The second-order valence-corrected chi connectivity index (χ2v) is 8.42. The summed E-state index contributed by atoms with van der Waals surface area (Å²) in [5.41, 5.74) is 4.21. The zero-order valence-corrected chi connectivity index (χ0v) is 17.5. The minimum atomic E-state index is -0.281. The number of benzene rings is 1. The molecule has 0 saturated heterocycles. The zero-order chi connectivity index (χ0) is 19.2. The number of thiophene rings is 1. The van der Waals surface area contributed by atoms with Crippen LogP contribution in [0.5, 0.6) is 0 Å². The third-order valence-corrected chi connectivity index (χ3v) is 6.32. The van der Waals surface area contributed by atoms with E-state index in [2.05, 4.69) is 41.8 Å². The van der Waals surface area contributed by atoms with E-state index in [1.165, 1.54) is 36.8 Å². The maximum Gasteiger partial charge on any atom is 0.341 e. The summed E-state index contributed by atoms with van der Waals surface area (Å²) in [6.45, 7) is 2.71. The lowest BCUT2D eigenvalue weighted by Crippen LogP contribution is -2.28. The summed E-state index contributed by atoms with van der Waals surface area (Å²) in [4.78, 5) is 13.7. The van der Waals surface area contributed by atoms with E-state index in [-0.39, 0.29) is 5.97 Å². The number of nitrogens with one attached hydrogen (secondary N) is 2. The SMILES string of the molecule is COC(=O)c1c(NC(=S)NCc2ccc(C)cc2)sc2c1CCCCCC2. The minimum absolute atomic E-state index is 0.281. The highest BCUT2D eigenvalue weighted by atomic mass is 32.1. The van der Waals surface area contributed by atoms with Crippen molar-refractivity contribution < 1.29 is 9.53 Å². The summed E-state index contributed by atoms with van der Waals surface area (Å²) >= 11 is 7.11. The van der Waals surface area contributed by atoms with Crippen LogP contribution in [0.4, 0.5) is 5.00 Å². The Kier molecular flexibility index (Phi) is 6.85. The van der Waals surface area contributed by atoms with Gasteiger partial charge in [-0.25, -0.2) is 4.79 Å².